The van der Waals surface area contributed by atoms with Crippen molar-refractivity contribution in [2.75, 3.05) is 18.0 Å². The Balaban J connectivity index is 1.67. The number of carboxylic acid groups (broad SMARTS) is 1. The molecule has 1 aliphatic heterocycles. The molecular formula is C23H25N3O2. The molecule has 2 heterocycles. The zero-order chi connectivity index (χ0) is 19.9. The van der Waals surface area contributed by atoms with E-state index in [4.69, 9.17) is 5.11 Å². The van der Waals surface area contributed by atoms with Crippen LogP contribution in [0.1, 0.15) is 43.1 Å². The van der Waals surface area contributed by atoms with E-state index in [0.717, 1.165) is 31.0 Å². The summed E-state index contributed by atoms with van der Waals surface area (Å²) in [6.07, 6.45) is 9.16. The van der Waals surface area contributed by atoms with Crippen LogP contribution in [0.5, 0.6) is 0 Å². The van der Waals surface area contributed by atoms with E-state index in [2.05, 4.69) is 47.8 Å². The normalized spacial score (nSPS) is 23.5. The van der Waals surface area contributed by atoms with E-state index in [1.54, 1.807) is 24.5 Å². The Morgan fingerprint density at radius 1 is 1.07 bits per heavy atom. The third-order valence-corrected chi connectivity index (χ3v) is 6.09. The Kier molecular flexibility index (Phi) is 4.33. The number of carboxylic acids is 1. The summed E-state index contributed by atoms with van der Waals surface area (Å²) in [5.41, 5.74) is 4.00. The van der Waals surface area contributed by atoms with Crippen LogP contribution in [0.25, 0.3) is 5.57 Å². The van der Waals surface area contributed by atoms with Gasteiger partial charge in [0.1, 0.15) is 0 Å². The average Bonchev–Trinajstić information content (AvgIpc) is 2.68. The summed E-state index contributed by atoms with van der Waals surface area (Å²) >= 11 is 0. The summed E-state index contributed by atoms with van der Waals surface area (Å²) in [4.78, 5) is 22.2. The fraction of sp³-hybridized carbons (Fsp3) is 0.348. The van der Waals surface area contributed by atoms with Crippen LogP contribution in [0.4, 0.5) is 5.95 Å². The lowest BCUT2D eigenvalue weighted by Crippen LogP contribution is -2.47. The van der Waals surface area contributed by atoms with Gasteiger partial charge in [0, 0.05) is 36.3 Å². The zero-order valence-corrected chi connectivity index (χ0v) is 16.5. The standard InChI is InChI=1S/C23H25N3O2/c1-22(2)18(16-5-7-17(8-6-16)20(27)28)9-11-23(3)15-26(14-10-19(22)23)21-24-12-4-13-25-21/h4-10,12-13H,11,14-15H2,1-3H3,(H,27,28)/t23-/m1/s1. The van der Waals surface area contributed by atoms with E-state index in [1.165, 1.54) is 11.1 Å². The van der Waals surface area contributed by atoms with Crippen molar-refractivity contribution >= 4 is 17.5 Å². The molecule has 144 valence electrons. The summed E-state index contributed by atoms with van der Waals surface area (Å²) in [5.74, 6) is -0.120. The van der Waals surface area contributed by atoms with Crippen LogP contribution in [-0.4, -0.2) is 34.1 Å². The summed E-state index contributed by atoms with van der Waals surface area (Å²) in [6.45, 7) is 8.53. The lowest BCUT2D eigenvalue weighted by molar-refractivity contribution is 0.0697. The largest absolute Gasteiger partial charge is 0.478 e. The fourth-order valence-electron chi connectivity index (χ4n) is 4.81. The van der Waals surface area contributed by atoms with Gasteiger partial charge in [0.15, 0.2) is 0 Å². The van der Waals surface area contributed by atoms with Gasteiger partial charge in [-0.3, -0.25) is 0 Å². The molecule has 0 unspecified atom stereocenters. The van der Waals surface area contributed by atoms with Crippen LogP contribution in [0.15, 0.2) is 60.5 Å². The number of aromatic carboxylic acids is 1. The van der Waals surface area contributed by atoms with Gasteiger partial charge in [-0.15, -0.1) is 0 Å². The molecule has 1 aromatic carbocycles. The van der Waals surface area contributed by atoms with Gasteiger partial charge in [0.2, 0.25) is 5.95 Å². The molecule has 0 saturated carbocycles. The minimum atomic E-state index is -0.894. The van der Waals surface area contributed by atoms with Gasteiger partial charge < -0.3 is 10.0 Å². The second-order valence-corrected chi connectivity index (χ2v) is 8.44. The molecule has 5 heteroatoms. The van der Waals surface area contributed by atoms with Gasteiger partial charge in [-0.05, 0) is 35.8 Å². The number of carbonyl (C=O) groups is 1. The molecule has 0 bridgehead atoms. The third-order valence-electron chi connectivity index (χ3n) is 6.09. The van der Waals surface area contributed by atoms with Gasteiger partial charge in [-0.1, -0.05) is 50.6 Å². The number of anilines is 1. The van der Waals surface area contributed by atoms with Crippen LogP contribution >= 0.6 is 0 Å². The molecule has 1 aromatic heterocycles. The van der Waals surface area contributed by atoms with Gasteiger partial charge in [0.25, 0.3) is 0 Å². The van der Waals surface area contributed by atoms with Crippen molar-refractivity contribution in [1.82, 2.24) is 9.97 Å². The van der Waals surface area contributed by atoms with Crippen molar-refractivity contribution in [3.05, 3.63) is 71.6 Å². The first-order valence-electron chi connectivity index (χ1n) is 9.59. The van der Waals surface area contributed by atoms with Crippen molar-refractivity contribution in [3.63, 3.8) is 0 Å². The van der Waals surface area contributed by atoms with Gasteiger partial charge >= 0.3 is 5.97 Å². The van der Waals surface area contributed by atoms with Gasteiger partial charge in [-0.2, -0.15) is 0 Å². The van der Waals surface area contributed by atoms with Gasteiger partial charge in [-0.25, -0.2) is 14.8 Å². The quantitative estimate of drug-likeness (QED) is 0.804. The van der Waals surface area contributed by atoms with E-state index in [0.29, 0.717) is 5.56 Å². The summed E-state index contributed by atoms with van der Waals surface area (Å²) in [6, 6.07) is 9.06. The van der Waals surface area contributed by atoms with Crippen LogP contribution in [0.3, 0.4) is 0 Å². The van der Waals surface area contributed by atoms with Gasteiger partial charge in [0.05, 0.1) is 5.56 Å². The highest BCUT2D eigenvalue weighted by atomic mass is 16.4. The highest BCUT2D eigenvalue weighted by Gasteiger charge is 2.46. The van der Waals surface area contributed by atoms with E-state index in [-0.39, 0.29) is 10.8 Å². The summed E-state index contributed by atoms with van der Waals surface area (Å²) < 4.78 is 0. The van der Waals surface area contributed by atoms with Crippen molar-refractivity contribution in [2.45, 2.75) is 27.2 Å². The highest BCUT2D eigenvalue weighted by molar-refractivity contribution is 5.88. The summed E-state index contributed by atoms with van der Waals surface area (Å²) in [5, 5.41) is 9.16. The van der Waals surface area contributed by atoms with E-state index in [1.807, 2.05) is 18.2 Å². The van der Waals surface area contributed by atoms with Crippen LogP contribution in [-0.2, 0) is 0 Å². The molecule has 1 aliphatic carbocycles. The maximum Gasteiger partial charge on any atom is 0.335 e. The minimum absolute atomic E-state index is 0.0193. The molecule has 0 spiro atoms. The van der Waals surface area contributed by atoms with E-state index >= 15 is 0 Å². The second kappa shape index (κ2) is 6.59. The van der Waals surface area contributed by atoms with E-state index < -0.39 is 5.97 Å². The van der Waals surface area contributed by atoms with Crippen molar-refractivity contribution in [3.8, 4) is 0 Å². The first kappa shape index (κ1) is 18.4. The van der Waals surface area contributed by atoms with Crippen LogP contribution in [0, 0.1) is 10.8 Å². The number of fused-ring (bicyclic) bond motifs is 1. The van der Waals surface area contributed by atoms with Crippen molar-refractivity contribution in [2.24, 2.45) is 10.8 Å². The number of nitrogens with zero attached hydrogens (tertiary/aromatic N) is 3. The lowest BCUT2D eigenvalue weighted by Gasteiger charge is -2.50. The number of hydrogen-bond acceptors (Lipinski definition) is 4. The Hall–Kier alpha value is -2.95. The Labute approximate surface area is 165 Å². The topological polar surface area (TPSA) is 66.3 Å². The second-order valence-electron chi connectivity index (χ2n) is 8.44. The predicted molar refractivity (Wildman–Crippen MR) is 110 cm³/mol. The van der Waals surface area contributed by atoms with E-state index in [9.17, 15) is 4.79 Å². The number of hydrogen-bond donors (Lipinski definition) is 1. The fourth-order valence-corrected chi connectivity index (χ4v) is 4.81. The predicted octanol–water partition coefficient (Wildman–Crippen LogP) is 4.44. The zero-order valence-electron chi connectivity index (χ0n) is 16.5. The summed E-state index contributed by atoms with van der Waals surface area (Å²) in [7, 11) is 0. The molecule has 1 atom stereocenters. The smallest absolute Gasteiger partial charge is 0.335 e. The number of aromatic nitrogens is 2. The van der Waals surface area contributed by atoms with Crippen molar-refractivity contribution < 1.29 is 9.90 Å². The maximum atomic E-state index is 11.2. The average molecular weight is 375 g/mol. The first-order valence-corrected chi connectivity index (χ1v) is 9.59. The maximum absolute atomic E-state index is 11.2. The third kappa shape index (κ3) is 3.01. The lowest BCUT2D eigenvalue weighted by atomic mass is 9.58. The molecule has 0 radical (unpaired) electrons. The Morgan fingerprint density at radius 2 is 1.75 bits per heavy atom. The number of rotatable bonds is 3. The minimum Gasteiger partial charge on any atom is -0.478 e. The monoisotopic (exact) mass is 375 g/mol. The van der Waals surface area contributed by atoms with Crippen LogP contribution in [0.2, 0.25) is 0 Å². The SMILES string of the molecule is CC1(C)C(c2ccc(C(=O)O)cc2)=CC[C@]2(C)CN(c3ncccn3)CC=C12. The molecule has 5 nitrogen and oxygen atoms in total. The molecule has 0 amide bonds. The first-order chi connectivity index (χ1) is 13.3. The number of benzene rings is 1. The molecule has 1 N–H and O–H groups in total. The molecule has 2 aromatic rings. The Morgan fingerprint density at radius 3 is 2.39 bits per heavy atom. The molecule has 0 fully saturated rings. The van der Waals surface area contributed by atoms with Crippen molar-refractivity contribution in [1.29, 1.82) is 0 Å². The molecule has 28 heavy (non-hydrogen) atoms. The number of allylic oxidation sites excluding steroid dienone is 2. The molecule has 0 saturated heterocycles. The van der Waals surface area contributed by atoms with Crippen LogP contribution < -0.4 is 4.90 Å². The molecule has 2 aliphatic rings. The molecular weight excluding hydrogens is 350 g/mol. The molecule has 4 rings (SSSR count). The highest BCUT2D eigenvalue weighted by Crippen LogP contribution is 2.55. The Bertz CT molecular complexity index is 961.